The van der Waals surface area contributed by atoms with E-state index in [2.05, 4.69) is 30.1 Å². The number of hydrogen-bond donors (Lipinski definition) is 1. The molecule has 0 spiro atoms. The van der Waals surface area contributed by atoms with E-state index in [1.54, 1.807) is 6.92 Å². The molecular weight excluding hydrogens is 254 g/mol. The average molecular weight is 283 g/mol. The van der Waals surface area contributed by atoms with Gasteiger partial charge in [-0.3, -0.25) is 4.79 Å². The van der Waals surface area contributed by atoms with E-state index in [-0.39, 0.29) is 11.9 Å². The summed E-state index contributed by atoms with van der Waals surface area (Å²) < 4.78 is 4.27. The standard InChI is InChI=1S/C11H21NO.C5H8O2/c1-3-5-6-7-8-9-10-12-11(13)4-2;1-4(2)5(6)7-3/h4H,2-3,5-10H2,1H3,(H,12,13);1H2,2-3H3. The van der Waals surface area contributed by atoms with Crippen LogP contribution in [0.25, 0.3) is 0 Å². The summed E-state index contributed by atoms with van der Waals surface area (Å²) in [6, 6.07) is 0. The van der Waals surface area contributed by atoms with Gasteiger partial charge in [-0.2, -0.15) is 0 Å². The minimum absolute atomic E-state index is 0.0615. The van der Waals surface area contributed by atoms with Gasteiger partial charge < -0.3 is 10.1 Å². The third kappa shape index (κ3) is 16.4. The second-order valence-corrected chi connectivity index (χ2v) is 4.53. The molecule has 0 aliphatic heterocycles. The van der Waals surface area contributed by atoms with Crippen LogP contribution < -0.4 is 5.32 Å². The molecule has 0 saturated heterocycles. The van der Waals surface area contributed by atoms with Crippen LogP contribution in [0.2, 0.25) is 0 Å². The van der Waals surface area contributed by atoms with Crippen LogP contribution in [-0.4, -0.2) is 25.5 Å². The first-order chi connectivity index (χ1) is 9.49. The molecule has 20 heavy (non-hydrogen) atoms. The third-order valence-electron chi connectivity index (χ3n) is 2.55. The van der Waals surface area contributed by atoms with Crippen molar-refractivity contribution in [3.05, 3.63) is 24.8 Å². The number of unbranched alkanes of at least 4 members (excludes halogenated alkanes) is 5. The molecule has 0 aromatic rings. The maximum absolute atomic E-state index is 10.7. The third-order valence-corrected chi connectivity index (χ3v) is 2.55. The number of ether oxygens (including phenoxy) is 1. The number of carbonyl (C=O) groups excluding carboxylic acids is 2. The molecule has 4 nitrogen and oxygen atoms in total. The van der Waals surface area contributed by atoms with Crippen LogP contribution in [-0.2, 0) is 14.3 Å². The molecule has 116 valence electrons. The summed E-state index contributed by atoms with van der Waals surface area (Å²) in [7, 11) is 1.33. The number of amides is 1. The topological polar surface area (TPSA) is 55.4 Å². The zero-order valence-corrected chi connectivity index (χ0v) is 13.2. The molecule has 0 aromatic heterocycles. The summed E-state index contributed by atoms with van der Waals surface area (Å²) in [5, 5.41) is 2.77. The molecule has 1 amide bonds. The highest BCUT2D eigenvalue weighted by Crippen LogP contribution is 2.03. The SMILES string of the molecule is C=C(C)C(=O)OC.C=CC(=O)NCCCCCCCC. The van der Waals surface area contributed by atoms with E-state index in [1.165, 1.54) is 45.3 Å². The Labute approximate surface area is 123 Å². The Hall–Kier alpha value is -1.58. The van der Waals surface area contributed by atoms with Crippen molar-refractivity contribution in [2.45, 2.75) is 52.4 Å². The van der Waals surface area contributed by atoms with Crippen molar-refractivity contribution >= 4 is 11.9 Å². The molecular formula is C16H29NO3. The summed E-state index contributed by atoms with van der Waals surface area (Å²) in [6.07, 6.45) is 8.85. The van der Waals surface area contributed by atoms with Crippen molar-refractivity contribution in [3.8, 4) is 0 Å². The van der Waals surface area contributed by atoms with Crippen molar-refractivity contribution < 1.29 is 14.3 Å². The van der Waals surface area contributed by atoms with E-state index in [0.717, 1.165) is 13.0 Å². The summed E-state index contributed by atoms with van der Waals surface area (Å²) in [6.45, 7) is 11.3. The van der Waals surface area contributed by atoms with Crippen molar-refractivity contribution in [1.29, 1.82) is 0 Å². The van der Waals surface area contributed by atoms with Gasteiger partial charge in [-0.1, -0.05) is 52.2 Å². The van der Waals surface area contributed by atoms with Crippen LogP contribution in [0.15, 0.2) is 24.8 Å². The number of methoxy groups -OCH3 is 1. The van der Waals surface area contributed by atoms with Gasteiger partial charge in [0.25, 0.3) is 0 Å². The molecule has 0 unspecified atom stereocenters. The number of carbonyl (C=O) groups is 2. The van der Waals surface area contributed by atoms with Crippen molar-refractivity contribution in [1.82, 2.24) is 5.32 Å². The normalized spacial score (nSPS) is 8.95. The van der Waals surface area contributed by atoms with Crippen LogP contribution in [0, 0.1) is 0 Å². The Kier molecular flexibility index (Phi) is 16.0. The molecule has 0 aromatic carbocycles. The lowest BCUT2D eigenvalue weighted by atomic mass is 10.1. The molecule has 0 aliphatic carbocycles. The fourth-order valence-electron chi connectivity index (χ4n) is 1.36. The van der Waals surface area contributed by atoms with Gasteiger partial charge in [0, 0.05) is 12.1 Å². The summed E-state index contributed by atoms with van der Waals surface area (Å²) in [4.78, 5) is 20.9. The Balaban J connectivity index is 0. The molecule has 4 heteroatoms. The maximum atomic E-state index is 10.7. The molecule has 1 N–H and O–H groups in total. The lowest BCUT2D eigenvalue weighted by Crippen LogP contribution is -2.21. The van der Waals surface area contributed by atoms with E-state index < -0.39 is 0 Å². The first kappa shape index (κ1) is 20.7. The first-order valence-electron chi connectivity index (χ1n) is 7.13. The van der Waals surface area contributed by atoms with Crippen LogP contribution in [0.5, 0.6) is 0 Å². The summed E-state index contributed by atoms with van der Waals surface area (Å²) in [5.41, 5.74) is 0.433. The fourth-order valence-corrected chi connectivity index (χ4v) is 1.36. The molecule has 0 fully saturated rings. The van der Waals surface area contributed by atoms with Gasteiger partial charge in [0.15, 0.2) is 0 Å². The van der Waals surface area contributed by atoms with Crippen LogP contribution in [0.4, 0.5) is 0 Å². The Morgan fingerprint density at radius 3 is 2.10 bits per heavy atom. The van der Waals surface area contributed by atoms with Crippen LogP contribution in [0.1, 0.15) is 52.4 Å². The summed E-state index contributed by atoms with van der Waals surface area (Å²) >= 11 is 0. The van der Waals surface area contributed by atoms with E-state index >= 15 is 0 Å². The Morgan fingerprint density at radius 1 is 1.15 bits per heavy atom. The molecule has 0 rings (SSSR count). The molecule has 0 atom stereocenters. The van der Waals surface area contributed by atoms with Crippen molar-refractivity contribution in [3.63, 3.8) is 0 Å². The number of nitrogens with one attached hydrogen (secondary N) is 1. The van der Waals surface area contributed by atoms with E-state index in [4.69, 9.17) is 0 Å². The highest BCUT2D eigenvalue weighted by Gasteiger charge is 1.95. The molecule has 0 aliphatic rings. The lowest BCUT2D eigenvalue weighted by molar-refractivity contribution is -0.136. The molecule has 0 bridgehead atoms. The van der Waals surface area contributed by atoms with Gasteiger partial charge in [0.05, 0.1) is 7.11 Å². The number of esters is 1. The quantitative estimate of drug-likeness (QED) is 0.401. The Morgan fingerprint density at radius 2 is 1.70 bits per heavy atom. The van der Waals surface area contributed by atoms with Crippen molar-refractivity contribution in [2.24, 2.45) is 0 Å². The van der Waals surface area contributed by atoms with Gasteiger partial charge >= 0.3 is 5.97 Å². The lowest BCUT2D eigenvalue weighted by Gasteiger charge is -2.01. The van der Waals surface area contributed by atoms with Gasteiger partial charge in [0.1, 0.15) is 0 Å². The van der Waals surface area contributed by atoms with Crippen LogP contribution in [0.3, 0.4) is 0 Å². The first-order valence-corrected chi connectivity index (χ1v) is 7.13. The average Bonchev–Trinajstić information content (AvgIpc) is 2.45. The molecule has 0 heterocycles. The second-order valence-electron chi connectivity index (χ2n) is 4.53. The maximum Gasteiger partial charge on any atom is 0.332 e. The molecule has 0 saturated carbocycles. The van der Waals surface area contributed by atoms with Crippen molar-refractivity contribution in [2.75, 3.05) is 13.7 Å². The van der Waals surface area contributed by atoms with Gasteiger partial charge in [-0.25, -0.2) is 4.79 Å². The molecule has 0 radical (unpaired) electrons. The second kappa shape index (κ2) is 15.5. The zero-order chi connectivity index (χ0) is 15.8. The number of rotatable bonds is 9. The minimum Gasteiger partial charge on any atom is -0.466 e. The largest absolute Gasteiger partial charge is 0.466 e. The van der Waals surface area contributed by atoms with E-state index in [0.29, 0.717) is 5.57 Å². The minimum atomic E-state index is -0.347. The highest BCUT2D eigenvalue weighted by molar-refractivity contribution is 5.87. The number of hydrogen-bond acceptors (Lipinski definition) is 3. The van der Waals surface area contributed by atoms with E-state index in [1.807, 2.05) is 0 Å². The fraction of sp³-hybridized carbons (Fsp3) is 0.625. The van der Waals surface area contributed by atoms with E-state index in [9.17, 15) is 9.59 Å². The monoisotopic (exact) mass is 283 g/mol. The van der Waals surface area contributed by atoms with Gasteiger partial charge in [-0.15, -0.1) is 0 Å². The van der Waals surface area contributed by atoms with Gasteiger partial charge in [0.2, 0.25) is 5.91 Å². The predicted octanol–water partition coefficient (Wildman–Crippen LogP) is 3.38. The highest BCUT2D eigenvalue weighted by atomic mass is 16.5. The summed E-state index contributed by atoms with van der Waals surface area (Å²) in [5.74, 6) is -0.409. The van der Waals surface area contributed by atoms with Gasteiger partial charge in [-0.05, 0) is 19.4 Å². The zero-order valence-electron chi connectivity index (χ0n) is 13.2. The van der Waals surface area contributed by atoms with Crippen LogP contribution >= 0.6 is 0 Å². The Bertz CT molecular complexity index is 298. The smallest absolute Gasteiger partial charge is 0.332 e. The predicted molar refractivity (Wildman–Crippen MR) is 83.4 cm³/mol.